The van der Waals surface area contributed by atoms with Gasteiger partial charge < -0.3 is 14.1 Å². The summed E-state index contributed by atoms with van der Waals surface area (Å²) in [5.41, 5.74) is 1.62. The third kappa shape index (κ3) is 5.54. The van der Waals surface area contributed by atoms with Crippen LogP contribution >= 0.6 is 24.0 Å². The van der Waals surface area contributed by atoms with E-state index in [1.807, 2.05) is 42.2 Å². The molecule has 1 amide bonds. The predicted molar refractivity (Wildman–Crippen MR) is 137 cm³/mol. The number of anilines is 1. The Kier molecular flexibility index (Phi) is 7.93. The van der Waals surface area contributed by atoms with Gasteiger partial charge in [-0.05, 0) is 80.5 Å². The van der Waals surface area contributed by atoms with Crippen LogP contribution in [-0.4, -0.2) is 43.1 Å². The molecule has 1 aliphatic heterocycles. The number of hydrogen-bond acceptors (Lipinski definition) is 5. The molecule has 1 heterocycles. The molecule has 0 spiro atoms. The number of hydrogen-bond donors (Lipinski definition) is 0. The Morgan fingerprint density at radius 1 is 1.32 bits per heavy atom. The van der Waals surface area contributed by atoms with Crippen molar-refractivity contribution < 1.29 is 14.0 Å². The van der Waals surface area contributed by atoms with E-state index in [0.29, 0.717) is 33.8 Å². The normalized spacial score (nSPS) is 28.6. The van der Waals surface area contributed by atoms with Crippen molar-refractivity contribution in [3.05, 3.63) is 30.3 Å². The summed E-state index contributed by atoms with van der Waals surface area (Å²) in [6.45, 7) is 14.4. The summed E-state index contributed by atoms with van der Waals surface area (Å²) in [6.07, 6.45) is 3.51. The first-order valence-corrected chi connectivity index (χ1v) is 15.7. The first-order chi connectivity index (χ1) is 14.6. The third-order valence-electron chi connectivity index (χ3n) is 7.03. The van der Waals surface area contributed by atoms with Crippen molar-refractivity contribution in [2.75, 3.05) is 18.1 Å². The van der Waals surface area contributed by atoms with Crippen LogP contribution in [0.25, 0.3) is 0 Å². The maximum atomic E-state index is 12.4. The van der Waals surface area contributed by atoms with E-state index in [1.165, 1.54) is 0 Å². The number of rotatable bonds is 6. The van der Waals surface area contributed by atoms with E-state index in [2.05, 4.69) is 26.9 Å². The second kappa shape index (κ2) is 9.94. The molecule has 0 aromatic heterocycles. The van der Waals surface area contributed by atoms with Gasteiger partial charge in [-0.1, -0.05) is 43.8 Å². The molecule has 7 heteroatoms. The van der Waals surface area contributed by atoms with E-state index in [1.54, 1.807) is 18.7 Å². The van der Waals surface area contributed by atoms with Crippen LogP contribution < -0.4 is 4.90 Å². The van der Waals surface area contributed by atoms with Gasteiger partial charge in [-0.2, -0.15) is 0 Å². The summed E-state index contributed by atoms with van der Waals surface area (Å²) in [5.74, 6) is 0.534. The molecule has 2 aliphatic rings. The SMILES string of the molecule is CCOC(=S)S[C@@H]1[C@@H]2[C@H](CCC1(C)C)O[Si](C)(C)[C@H]2CCN(C(C)=O)c1ccccc1. The smallest absolute Gasteiger partial charge is 0.223 e. The highest BCUT2D eigenvalue weighted by Gasteiger charge is 2.58. The van der Waals surface area contributed by atoms with Crippen LogP contribution in [0.3, 0.4) is 0 Å². The van der Waals surface area contributed by atoms with Crippen molar-refractivity contribution in [1.82, 2.24) is 0 Å². The lowest BCUT2D eigenvalue weighted by molar-refractivity contribution is -0.116. The molecule has 0 radical (unpaired) electrons. The van der Waals surface area contributed by atoms with Gasteiger partial charge in [0.05, 0.1) is 6.61 Å². The van der Waals surface area contributed by atoms with Gasteiger partial charge in [-0.3, -0.25) is 4.79 Å². The summed E-state index contributed by atoms with van der Waals surface area (Å²) >= 11 is 7.30. The number of amides is 1. The van der Waals surface area contributed by atoms with E-state index < -0.39 is 8.32 Å². The van der Waals surface area contributed by atoms with Crippen molar-refractivity contribution in [2.24, 2.45) is 11.3 Å². The first kappa shape index (κ1) is 24.7. The van der Waals surface area contributed by atoms with Gasteiger partial charge in [0.2, 0.25) is 10.3 Å². The number of carbonyl (C=O) groups excluding carboxylic acids is 1. The summed E-state index contributed by atoms with van der Waals surface area (Å²) < 4.78 is 13.1. The van der Waals surface area contributed by atoms with Crippen LogP contribution in [0.15, 0.2) is 30.3 Å². The van der Waals surface area contributed by atoms with Crippen LogP contribution in [0.5, 0.6) is 0 Å². The topological polar surface area (TPSA) is 38.8 Å². The zero-order valence-corrected chi connectivity index (χ0v) is 22.4. The minimum Gasteiger partial charge on any atom is -0.479 e. The maximum absolute atomic E-state index is 12.4. The number of para-hydroxylation sites is 1. The summed E-state index contributed by atoms with van der Waals surface area (Å²) in [5, 5.41) is 0.368. The average molecular weight is 480 g/mol. The number of nitrogens with zero attached hydrogens (tertiary/aromatic N) is 1. The Bertz CT molecular complexity index is 786. The fourth-order valence-electron chi connectivity index (χ4n) is 5.49. The van der Waals surface area contributed by atoms with Crippen LogP contribution in [0.2, 0.25) is 18.6 Å². The highest BCUT2D eigenvalue weighted by atomic mass is 32.2. The number of carbonyl (C=O) groups is 1. The van der Waals surface area contributed by atoms with Crippen molar-refractivity contribution in [2.45, 2.75) is 76.9 Å². The summed E-state index contributed by atoms with van der Waals surface area (Å²) in [6, 6.07) is 10.00. The molecule has 0 bridgehead atoms. The van der Waals surface area contributed by atoms with Gasteiger partial charge in [0.15, 0.2) is 8.32 Å². The molecule has 1 saturated heterocycles. The number of fused-ring (bicyclic) bond motifs is 1. The first-order valence-electron chi connectivity index (χ1n) is 11.4. The average Bonchev–Trinajstić information content (AvgIpc) is 2.95. The quantitative estimate of drug-likeness (QED) is 0.355. The molecular formula is C24H37NO3S2Si. The third-order valence-corrected chi connectivity index (χ3v) is 12.3. The Hall–Kier alpha value is -0.893. The number of thiocarbonyl (C=S) groups is 1. The second-order valence-electron chi connectivity index (χ2n) is 9.99. The van der Waals surface area contributed by atoms with Gasteiger partial charge in [-0.15, -0.1) is 0 Å². The molecule has 2 fully saturated rings. The molecule has 1 saturated carbocycles. The lowest BCUT2D eigenvalue weighted by atomic mass is 9.69. The van der Waals surface area contributed by atoms with E-state index in [4.69, 9.17) is 21.4 Å². The second-order valence-corrected chi connectivity index (χ2v) is 15.9. The van der Waals surface area contributed by atoms with Gasteiger partial charge >= 0.3 is 0 Å². The molecule has 31 heavy (non-hydrogen) atoms. The zero-order chi connectivity index (χ0) is 22.8. The Balaban J connectivity index is 1.84. The molecule has 4 atom stereocenters. The van der Waals surface area contributed by atoms with Crippen molar-refractivity contribution in [1.29, 1.82) is 0 Å². The molecule has 172 valence electrons. The summed E-state index contributed by atoms with van der Waals surface area (Å²) in [7, 11) is -1.91. The largest absolute Gasteiger partial charge is 0.479 e. The van der Waals surface area contributed by atoms with Crippen molar-refractivity contribution >= 4 is 48.3 Å². The predicted octanol–water partition coefficient (Wildman–Crippen LogP) is 6.26. The van der Waals surface area contributed by atoms with Gasteiger partial charge in [0, 0.05) is 30.5 Å². The van der Waals surface area contributed by atoms with Crippen molar-refractivity contribution in [3.8, 4) is 0 Å². The van der Waals surface area contributed by atoms with Gasteiger partial charge in [0.25, 0.3) is 0 Å². The zero-order valence-electron chi connectivity index (χ0n) is 19.7. The molecule has 1 aliphatic carbocycles. The minimum absolute atomic E-state index is 0.0913. The molecule has 4 nitrogen and oxygen atoms in total. The van der Waals surface area contributed by atoms with Crippen LogP contribution in [0.4, 0.5) is 5.69 Å². The fourth-order valence-corrected chi connectivity index (χ4v) is 10.8. The molecule has 0 unspecified atom stereocenters. The molecule has 3 rings (SSSR count). The summed E-state index contributed by atoms with van der Waals surface area (Å²) in [4.78, 5) is 14.4. The van der Waals surface area contributed by atoms with E-state index in [0.717, 1.165) is 31.5 Å². The molecular weight excluding hydrogens is 442 g/mol. The van der Waals surface area contributed by atoms with Crippen LogP contribution in [0, 0.1) is 11.3 Å². The van der Waals surface area contributed by atoms with Crippen LogP contribution in [-0.2, 0) is 14.0 Å². The van der Waals surface area contributed by atoms with Crippen LogP contribution in [0.1, 0.15) is 47.0 Å². The number of benzene rings is 1. The monoisotopic (exact) mass is 479 g/mol. The molecule has 1 aromatic carbocycles. The van der Waals surface area contributed by atoms with E-state index in [9.17, 15) is 4.79 Å². The lowest BCUT2D eigenvalue weighted by Gasteiger charge is -2.46. The molecule has 0 N–H and O–H groups in total. The standard InChI is InChI=1S/C24H37NO3S2Si/c1-7-27-23(29)30-22-21-19(13-15-24(22,3)4)28-31(5,6)20(21)14-16-25(17(2)26)18-11-9-8-10-12-18/h8-12,19-22H,7,13-16H2,1-6H3/t19-,20-,21+,22+/m0/s1. The lowest BCUT2D eigenvalue weighted by Crippen LogP contribution is -2.46. The fraction of sp³-hybridized carbons (Fsp3) is 0.667. The Morgan fingerprint density at radius 2 is 2.00 bits per heavy atom. The Morgan fingerprint density at radius 3 is 2.61 bits per heavy atom. The number of thioether (sulfide) groups is 1. The van der Waals surface area contributed by atoms with E-state index in [-0.39, 0.29) is 11.3 Å². The minimum atomic E-state index is -1.91. The van der Waals surface area contributed by atoms with E-state index >= 15 is 0 Å². The molecule has 1 aromatic rings. The Labute approximate surface area is 198 Å². The van der Waals surface area contributed by atoms with Crippen molar-refractivity contribution in [3.63, 3.8) is 0 Å². The highest BCUT2D eigenvalue weighted by molar-refractivity contribution is 8.23. The maximum Gasteiger partial charge on any atom is 0.223 e. The van der Waals surface area contributed by atoms with Gasteiger partial charge in [-0.25, -0.2) is 0 Å². The number of ether oxygens (including phenoxy) is 1. The van der Waals surface area contributed by atoms with Gasteiger partial charge in [0.1, 0.15) is 0 Å². The highest BCUT2D eigenvalue weighted by Crippen LogP contribution is 2.58.